The third kappa shape index (κ3) is 3.95. The molecule has 1 atom stereocenters. The SMILES string of the molecule is CCC1(C)NC(=O)N(NC(=O)CSc2ncc(-c3ccc(F)cc3)o2)C1=O. The first-order valence-electron chi connectivity index (χ1n) is 8.13. The highest BCUT2D eigenvalue weighted by Crippen LogP contribution is 2.25. The normalized spacial score (nSPS) is 19.3. The molecule has 2 N–H and O–H groups in total. The van der Waals surface area contributed by atoms with Gasteiger partial charge in [0.15, 0.2) is 5.76 Å². The summed E-state index contributed by atoms with van der Waals surface area (Å²) in [5.74, 6) is -1.09. The van der Waals surface area contributed by atoms with Crippen LogP contribution in [0.2, 0.25) is 0 Å². The molecule has 2 heterocycles. The lowest BCUT2D eigenvalue weighted by Gasteiger charge is -2.19. The first-order valence-corrected chi connectivity index (χ1v) is 9.11. The van der Waals surface area contributed by atoms with Crippen LogP contribution in [0.3, 0.4) is 0 Å². The van der Waals surface area contributed by atoms with E-state index in [1.165, 1.54) is 18.3 Å². The average Bonchev–Trinajstić information content (AvgIpc) is 3.20. The number of hydrogen-bond donors (Lipinski definition) is 2. The standard InChI is InChI=1S/C17H17FN4O4S/c1-3-17(2)14(24)22(15(25)20-17)21-13(23)9-27-16-19-8-12(26-16)10-4-6-11(18)7-5-10/h4-8H,3,9H2,1-2H3,(H,20,25)(H,21,23). The van der Waals surface area contributed by atoms with Crippen molar-refractivity contribution in [2.45, 2.75) is 31.0 Å². The van der Waals surface area contributed by atoms with Crippen LogP contribution in [0.5, 0.6) is 0 Å². The number of hydrogen-bond acceptors (Lipinski definition) is 6. The van der Waals surface area contributed by atoms with Crippen molar-refractivity contribution in [2.24, 2.45) is 0 Å². The minimum atomic E-state index is -1.02. The summed E-state index contributed by atoms with van der Waals surface area (Å²) in [6, 6.07) is 5.05. The number of carbonyl (C=O) groups is 3. The molecule has 142 valence electrons. The van der Waals surface area contributed by atoms with Crippen LogP contribution >= 0.6 is 11.8 Å². The van der Waals surface area contributed by atoms with E-state index in [4.69, 9.17) is 4.42 Å². The Bertz CT molecular complexity index is 885. The second-order valence-electron chi connectivity index (χ2n) is 6.08. The lowest BCUT2D eigenvalue weighted by atomic mass is 10.00. The van der Waals surface area contributed by atoms with Crippen LogP contribution in [-0.2, 0) is 9.59 Å². The summed E-state index contributed by atoms with van der Waals surface area (Å²) in [6.45, 7) is 3.36. The Balaban J connectivity index is 1.56. The molecule has 0 bridgehead atoms. The Kier molecular flexibility index (Phi) is 5.17. The number of halogens is 1. The number of hydrazine groups is 1. The van der Waals surface area contributed by atoms with Gasteiger partial charge in [0.2, 0.25) is 5.91 Å². The quantitative estimate of drug-likeness (QED) is 0.578. The highest BCUT2D eigenvalue weighted by Gasteiger charge is 2.47. The monoisotopic (exact) mass is 392 g/mol. The number of urea groups is 1. The molecule has 0 spiro atoms. The molecule has 0 aliphatic carbocycles. The molecule has 4 amide bonds. The maximum absolute atomic E-state index is 13.0. The van der Waals surface area contributed by atoms with E-state index in [0.717, 1.165) is 11.8 Å². The lowest BCUT2D eigenvalue weighted by molar-refractivity contribution is -0.137. The number of rotatable bonds is 6. The second-order valence-corrected chi connectivity index (χ2v) is 7.00. The zero-order valence-electron chi connectivity index (χ0n) is 14.6. The van der Waals surface area contributed by atoms with Crippen molar-refractivity contribution in [1.29, 1.82) is 0 Å². The van der Waals surface area contributed by atoms with Gasteiger partial charge >= 0.3 is 6.03 Å². The molecule has 1 aliphatic rings. The number of benzene rings is 1. The van der Waals surface area contributed by atoms with Gasteiger partial charge in [-0.05, 0) is 37.6 Å². The van der Waals surface area contributed by atoms with Crippen LogP contribution in [0, 0.1) is 5.82 Å². The molecule has 1 aromatic heterocycles. The van der Waals surface area contributed by atoms with Crippen LogP contribution in [0.4, 0.5) is 9.18 Å². The maximum atomic E-state index is 13.0. The van der Waals surface area contributed by atoms with Gasteiger partial charge in [0, 0.05) is 5.56 Å². The minimum absolute atomic E-state index is 0.108. The Morgan fingerprint density at radius 1 is 1.37 bits per heavy atom. The van der Waals surface area contributed by atoms with Gasteiger partial charge in [-0.15, -0.1) is 0 Å². The molecule has 10 heteroatoms. The number of carbonyl (C=O) groups excluding carboxylic acids is 3. The van der Waals surface area contributed by atoms with Gasteiger partial charge in [-0.2, -0.15) is 5.01 Å². The Morgan fingerprint density at radius 3 is 2.70 bits per heavy atom. The van der Waals surface area contributed by atoms with Gasteiger partial charge < -0.3 is 9.73 Å². The first-order chi connectivity index (χ1) is 12.8. The van der Waals surface area contributed by atoms with Crippen LogP contribution in [0.15, 0.2) is 40.1 Å². The average molecular weight is 392 g/mol. The second kappa shape index (κ2) is 7.39. The number of amides is 4. The number of thioether (sulfide) groups is 1. The van der Waals surface area contributed by atoms with Crippen LogP contribution in [-0.4, -0.2) is 39.1 Å². The topological polar surface area (TPSA) is 105 Å². The molecular weight excluding hydrogens is 375 g/mol. The zero-order chi connectivity index (χ0) is 19.6. The van der Waals surface area contributed by atoms with Crippen molar-refractivity contribution in [2.75, 3.05) is 5.75 Å². The predicted molar refractivity (Wildman–Crippen MR) is 94.8 cm³/mol. The van der Waals surface area contributed by atoms with Gasteiger partial charge in [0.1, 0.15) is 11.4 Å². The van der Waals surface area contributed by atoms with Crippen molar-refractivity contribution < 1.29 is 23.2 Å². The van der Waals surface area contributed by atoms with E-state index >= 15 is 0 Å². The van der Waals surface area contributed by atoms with Crippen LogP contribution < -0.4 is 10.7 Å². The fourth-order valence-electron chi connectivity index (χ4n) is 2.38. The number of nitrogens with zero attached hydrogens (tertiary/aromatic N) is 2. The molecule has 8 nitrogen and oxygen atoms in total. The van der Waals surface area contributed by atoms with Crippen molar-refractivity contribution in [3.63, 3.8) is 0 Å². The van der Waals surface area contributed by atoms with E-state index in [0.29, 0.717) is 22.8 Å². The molecule has 2 aromatic rings. The van der Waals surface area contributed by atoms with Gasteiger partial charge in [-0.3, -0.25) is 15.0 Å². The molecule has 1 unspecified atom stereocenters. The van der Waals surface area contributed by atoms with Crippen molar-refractivity contribution >= 4 is 29.6 Å². The Morgan fingerprint density at radius 2 is 2.07 bits per heavy atom. The van der Waals surface area contributed by atoms with E-state index < -0.39 is 23.4 Å². The highest BCUT2D eigenvalue weighted by atomic mass is 32.2. The van der Waals surface area contributed by atoms with E-state index in [1.807, 2.05) is 0 Å². The third-order valence-corrected chi connectivity index (χ3v) is 4.99. The van der Waals surface area contributed by atoms with Crippen LogP contribution in [0.25, 0.3) is 11.3 Å². The minimum Gasteiger partial charge on any atom is -0.431 e. The number of nitrogens with one attached hydrogen (secondary N) is 2. The molecule has 0 saturated carbocycles. The van der Waals surface area contributed by atoms with E-state index in [9.17, 15) is 18.8 Å². The first kappa shape index (κ1) is 18.9. The highest BCUT2D eigenvalue weighted by molar-refractivity contribution is 7.99. The summed E-state index contributed by atoms with van der Waals surface area (Å²) < 4.78 is 18.5. The molecular formula is C17H17FN4O4S. The molecule has 1 fully saturated rings. The van der Waals surface area contributed by atoms with E-state index in [1.54, 1.807) is 26.0 Å². The van der Waals surface area contributed by atoms with Gasteiger partial charge in [0.05, 0.1) is 11.9 Å². The largest absolute Gasteiger partial charge is 0.431 e. The van der Waals surface area contributed by atoms with E-state index in [2.05, 4.69) is 15.7 Å². The van der Waals surface area contributed by atoms with Crippen LogP contribution in [0.1, 0.15) is 20.3 Å². The molecule has 27 heavy (non-hydrogen) atoms. The smallest absolute Gasteiger partial charge is 0.344 e. The Labute approximate surface area is 158 Å². The summed E-state index contributed by atoms with van der Waals surface area (Å²) in [5.41, 5.74) is 1.91. The summed E-state index contributed by atoms with van der Waals surface area (Å²) in [4.78, 5) is 40.2. The zero-order valence-corrected chi connectivity index (χ0v) is 15.4. The molecule has 1 aromatic carbocycles. The maximum Gasteiger partial charge on any atom is 0.344 e. The van der Waals surface area contributed by atoms with Gasteiger partial charge in [-0.1, -0.05) is 18.7 Å². The van der Waals surface area contributed by atoms with Gasteiger partial charge in [0.25, 0.3) is 11.1 Å². The van der Waals surface area contributed by atoms with Crippen molar-refractivity contribution in [1.82, 2.24) is 20.7 Å². The third-order valence-electron chi connectivity index (χ3n) is 4.14. The summed E-state index contributed by atoms with van der Waals surface area (Å²) in [7, 11) is 0. The molecule has 0 radical (unpaired) electrons. The number of imide groups is 1. The lowest BCUT2D eigenvalue weighted by Crippen LogP contribution is -2.49. The number of aromatic nitrogens is 1. The molecule has 1 saturated heterocycles. The Hall–Kier alpha value is -2.88. The molecule has 1 aliphatic heterocycles. The fraction of sp³-hybridized carbons (Fsp3) is 0.294. The van der Waals surface area contributed by atoms with Gasteiger partial charge in [-0.25, -0.2) is 14.2 Å². The number of oxazole rings is 1. The summed E-state index contributed by atoms with van der Waals surface area (Å²) in [6.07, 6.45) is 1.87. The van der Waals surface area contributed by atoms with Crippen molar-refractivity contribution in [3.8, 4) is 11.3 Å². The fourth-order valence-corrected chi connectivity index (χ4v) is 2.98. The van der Waals surface area contributed by atoms with E-state index in [-0.39, 0.29) is 16.8 Å². The summed E-state index contributed by atoms with van der Waals surface area (Å²) >= 11 is 1.01. The summed E-state index contributed by atoms with van der Waals surface area (Å²) in [5, 5.41) is 3.47. The molecule has 3 rings (SSSR count). The van der Waals surface area contributed by atoms with Crippen molar-refractivity contribution in [3.05, 3.63) is 36.3 Å². The predicted octanol–water partition coefficient (Wildman–Crippen LogP) is 2.32.